The van der Waals surface area contributed by atoms with E-state index in [2.05, 4.69) is 29.0 Å². The van der Waals surface area contributed by atoms with E-state index in [9.17, 15) is 0 Å². The van der Waals surface area contributed by atoms with Crippen LogP contribution in [0.2, 0.25) is 0 Å². The van der Waals surface area contributed by atoms with Crippen molar-refractivity contribution < 1.29 is 0 Å². The second kappa shape index (κ2) is 3.36. The summed E-state index contributed by atoms with van der Waals surface area (Å²) in [6.07, 6.45) is 0. The smallest absolute Gasteiger partial charge is 0.0528 e. The standard InChI is InChI=1S/C12H9NS2/c13-9-3-1-8(2-4-9)10-7-15-11-5-6-14-12(10)11/h1-7H,13H2. The van der Waals surface area contributed by atoms with Gasteiger partial charge in [-0.2, -0.15) is 0 Å². The van der Waals surface area contributed by atoms with E-state index in [0.717, 1.165) is 5.69 Å². The first-order chi connectivity index (χ1) is 7.34. The third kappa shape index (κ3) is 1.44. The lowest BCUT2D eigenvalue weighted by Crippen LogP contribution is -1.82. The number of hydrogen-bond donors (Lipinski definition) is 1. The van der Waals surface area contributed by atoms with E-state index < -0.39 is 0 Å². The van der Waals surface area contributed by atoms with Crippen molar-refractivity contribution in [2.45, 2.75) is 0 Å². The summed E-state index contributed by atoms with van der Waals surface area (Å²) < 4.78 is 2.75. The molecule has 2 N–H and O–H groups in total. The minimum absolute atomic E-state index is 0.816. The van der Waals surface area contributed by atoms with Crippen LogP contribution in [0, 0.1) is 0 Å². The Morgan fingerprint density at radius 3 is 2.53 bits per heavy atom. The van der Waals surface area contributed by atoms with Crippen molar-refractivity contribution in [2.75, 3.05) is 5.73 Å². The molecule has 0 saturated carbocycles. The molecule has 0 unspecified atom stereocenters. The number of anilines is 1. The Hall–Kier alpha value is -1.32. The molecule has 0 spiro atoms. The molecule has 0 aliphatic carbocycles. The van der Waals surface area contributed by atoms with Gasteiger partial charge in [0, 0.05) is 21.3 Å². The Bertz CT molecular complexity index is 589. The SMILES string of the molecule is Nc1ccc(-c2csc3ccsc23)cc1. The molecule has 3 heteroatoms. The molecule has 1 aromatic carbocycles. The van der Waals surface area contributed by atoms with Crippen molar-refractivity contribution >= 4 is 37.8 Å². The molecule has 3 aromatic rings. The molecule has 0 radical (unpaired) electrons. The van der Waals surface area contributed by atoms with Gasteiger partial charge in [-0.3, -0.25) is 0 Å². The molecule has 0 bridgehead atoms. The van der Waals surface area contributed by atoms with Gasteiger partial charge in [-0.1, -0.05) is 12.1 Å². The summed E-state index contributed by atoms with van der Waals surface area (Å²) in [5, 5.41) is 4.36. The minimum Gasteiger partial charge on any atom is -0.399 e. The first-order valence-electron chi connectivity index (χ1n) is 4.65. The van der Waals surface area contributed by atoms with Crippen LogP contribution >= 0.6 is 22.7 Å². The molecule has 2 heterocycles. The fourth-order valence-electron chi connectivity index (χ4n) is 1.62. The molecule has 0 amide bonds. The van der Waals surface area contributed by atoms with Crippen molar-refractivity contribution in [1.29, 1.82) is 0 Å². The maximum Gasteiger partial charge on any atom is 0.0528 e. The minimum atomic E-state index is 0.816. The van der Waals surface area contributed by atoms with Crippen LogP contribution in [0.1, 0.15) is 0 Å². The zero-order valence-electron chi connectivity index (χ0n) is 7.94. The van der Waals surface area contributed by atoms with E-state index in [-0.39, 0.29) is 0 Å². The Kier molecular flexibility index (Phi) is 2.01. The molecule has 0 saturated heterocycles. The van der Waals surface area contributed by atoms with E-state index >= 15 is 0 Å². The second-order valence-electron chi connectivity index (χ2n) is 3.39. The van der Waals surface area contributed by atoms with Crippen LogP contribution in [-0.4, -0.2) is 0 Å². The summed E-state index contributed by atoms with van der Waals surface area (Å²) in [6.45, 7) is 0. The fraction of sp³-hybridized carbons (Fsp3) is 0. The van der Waals surface area contributed by atoms with Crippen LogP contribution in [-0.2, 0) is 0 Å². The monoisotopic (exact) mass is 231 g/mol. The normalized spacial score (nSPS) is 10.9. The molecular weight excluding hydrogens is 222 g/mol. The van der Waals surface area contributed by atoms with Crippen molar-refractivity contribution in [3.8, 4) is 11.1 Å². The number of nitrogens with two attached hydrogens (primary N) is 1. The van der Waals surface area contributed by atoms with Crippen LogP contribution in [0.25, 0.3) is 20.5 Å². The second-order valence-corrected chi connectivity index (χ2v) is 5.21. The first-order valence-corrected chi connectivity index (χ1v) is 6.41. The third-order valence-electron chi connectivity index (χ3n) is 2.40. The quantitative estimate of drug-likeness (QED) is 0.624. The molecule has 0 aliphatic rings. The van der Waals surface area contributed by atoms with Crippen LogP contribution < -0.4 is 5.73 Å². The maximum absolute atomic E-state index is 5.68. The third-order valence-corrected chi connectivity index (χ3v) is 4.42. The molecule has 0 fully saturated rings. The molecule has 0 aliphatic heterocycles. The van der Waals surface area contributed by atoms with Gasteiger partial charge in [0.05, 0.1) is 4.70 Å². The van der Waals surface area contributed by atoms with Gasteiger partial charge in [0.25, 0.3) is 0 Å². The summed E-state index contributed by atoms with van der Waals surface area (Å²) in [5.74, 6) is 0. The van der Waals surface area contributed by atoms with Crippen molar-refractivity contribution in [2.24, 2.45) is 0 Å². The maximum atomic E-state index is 5.68. The molecule has 1 nitrogen and oxygen atoms in total. The topological polar surface area (TPSA) is 26.0 Å². The Morgan fingerprint density at radius 1 is 0.933 bits per heavy atom. The lowest BCUT2D eigenvalue weighted by Gasteiger charge is -1.98. The van der Waals surface area contributed by atoms with Crippen LogP contribution in [0.3, 0.4) is 0 Å². The Morgan fingerprint density at radius 2 is 1.73 bits per heavy atom. The zero-order chi connectivity index (χ0) is 10.3. The molecule has 74 valence electrons. The van der Waals surface area contributed by atoms with E-state index in [0.29, 0.717) is 0 Å². The number of rotatable bonds is 1. The summed E-state index contributed by atoms with van der Waals surface area (Å²) in [5.41, 5.74) is 9.07. The van der Waals surface area contributed by atoms with Gasteiger partial charge in [-0.05, 0) is 29.1 Å². The lowest BCUT2D eigenvalue weighted by atomic mass is 10.1. The van der Waals surface area contributed by atoms with Gasteiger partial charge in [0.2, 0.25) is 0 Å². The highest BCUT2D eigenvalue weighted by molar-refractivity contribution is 7.26. The molecular formula is C12H9NS2. The number of fused-ring (bicyclic) bond motifs is 1. The highest BCUT2D eigenvalue weighted by Gasteiger charge is 2.06. The number of hydrogen-bond acceptors (Lipinski definition) is 3. The van der Waals surface area contributed by atoms with Crippen LogP contribution in [0.4, 0.5) is 5.69 Å². The number of nitrogen functional groups attached to an aromatic ring is 1. The van der Waals surface area contributed by atoms with Gasteiger partial charge in [-0.15, -0.1) is 22.7 Å². The van der Waals surface area contributed by atoms with Gasteiger partial charge in [0.1, 0.15) is 0 Å². The fourth-order valence-corrected chi connectivity index (χ4v) is 3.76. The first kappa shape index (κ1) is 8.95. The van der Waals surface area contributed by atoms with Gasteiger partial charge in [-0.25, -0.2) is 0 Å². The van der Waals surface area contributed by atoms with Crippen molar-refractivity contribution in [3.05, 3.63) is 41.1 Å². The largest absolute Gasteiger partial charge is 0.399 e. The average Bonchev–Trinajstić information content (AvgIpc) is 2.80. The highest BCUT2D eigenvalue weighted by Crippen LogP contribution is 2.37. The molecule has 2 aromatic heterocycles. The van der Waals surface area contributed by atoms with Gasteiger partial charge < -0.3 is 5.73 Å². The summed E-state index contributed by atoms with van der Waals surface area (Å²) >= 11 is 3.60. The summed E-state index contributed by atoms with van der Waals surface area (Å²) in [4.78, 5) is 0. The average molecular weight is 231 g/mol. The Labute approximate surface area is 95.8 Å². The number of thiophene rings is 2. The van der Waals surface area contributed by atoms with Crippen LogP contribution in [0.5, 0.6) is 0 Å². The predicted molar refractivity (Wildman–Crippen MR) is 69.6 cm³/mol. The lowest BCUT2D eigenvalue weighted by molar-refractivity contribution is 1.67. The molecule has 3 rings (SSSR count). The predicted octanol–water partition coefficient (Wildman–Crippen LogP) is 4.21. The van der Waals surface area contributed by atoms with Crippen molar-refractivity contribution in [3.63, 3.8) is 0 Å². The van der Waals surface area contributed by atoms with Gasteiger partial charge >= 0.3 is 0 Å². The van der Waals surface area contributed by atoms with Crippen LogP contribution in [0.15, 0.2) is 41.1 Å². The van der Waals surface area contributed by atoms with Crippen molar-refractivity contribution in [1.82, 2.24) is 0 Å². The van der Waals surface area contributed by atoms with E-state index in [1.807, 2.05) is 12.1 Å². The van der Waals surface area contributed by atoms with E-state index in [1.165, 1.54) is 20.5 Å². The molecule has 15 heavy (non-hydrogen) atoms. The van der Waals surface area contributed by atoms with E-state index in [4.69, 9.17) is 5.73 Å². The van der Waals surface area contributed by atoms with E-state index in [1.54, 1.807) is 22.7 Å². The summed E-state index contributed by atoms with van der Waals surface area (Å²) in [7, 11) is 0. The highest BCUT2D eigenvalue weighted by atomic mass is 32.1. The summed E-state index contributed by atoms with van der Waals surface area (Å²) in [6, 6.07) is 10.2. The zero-order valence-corrected chi connectivity index (χ0v) is 9.57. The Balaban J connectivity index is 2.21. The number of benzene rings is 1. The van der Waals surface area contributed by atoms with Gasteiger partial charge in [0.15, 0.2) is 0 Å². The molecule has 0 atom stereocenters.